The van der Waals surface area contributed by atoms with Crippen molar-refractivity contribution in [1.82, 2.24) is 0 Å². The summed E-state index contributed by atoms with van der Waals surface area (Å²) in [6.07, 6.45) is 5.18. The molecule has 1 saturated carbocycles. The Morgan fingerprint density at radius 2 is 2.40 bits per heavy atom. The van der Waals surface area contributed by atoms with Crippen LogP contribution in [0.3, 0.4) is 0 Å². The number of carbonyl (C=O) groups excluding carboxylic acids is 1. The Hall–Kier alpha value is -0.630. The van der Waals surface area contributed by atoms with E-state index in [0.717, 1.165) is 38.0 Å². The van der Waals surface area contributed by atoms with Crippen LogP contribution in [0, 0.1) is 11.8 Å². The lowest BCUT2D eigenvalue weighted by molar-refractivity contribution is -0.125. The monoisotopic (exact) mass is 222 g/mol. The fourth-order valence-corrected chi connectivity index (χ4v) is 3.10. The van der Waals surface area contributed by atoms with E-state index in [2.05, 4.69) is 24.4 Å². The molecule has 15 heavy (non-hydrogen) atoms. The van der Waals surface area contributed by atoms with E-state index in [-0.39, 0.29) is 0 Å². The summed E-state index contributed by atoms with van der Waals surface area (Å²) in [6.45, 7) is 2.27. The third kappa shape index (κ3) is 2.91. The molecule has 0 aromatic carbocycles. The summed E-state index contributed by atoms with van der Waals surface area (Å²) in [5.41, 5.74) is 0. The van der Waals surface area contributed by atoms with E-state index < -0.39 is 0 Å². The van der Waals surface area contributed by atoms with Crippen LogP contribution in [-0.2, 0) is 11.2 Å². The number of rotatable bonds is 3. The molecule has 2 rings (SSSR count). The van der Waals surface area contributed by atoms with Gasteiger partial charge in [0.25, 0.3) is 0 Å². The minimum absolute atomic E-state index is 0.343. The Morgan fingerprint density at radius 3 is 3.13 bits per heavy atom. The molecule has 1 aliphatic rings. The first-order valence-corrected chi connectivity index (χ1v) is 6.69. The van der Waals surface area contributed by atoms with Gasteiger partial charge in [0.15, 0.2) is 0 Å². The topological polar surface area (TPSA) is 17.1 Å². The van der Waals surface area contributed by atoms with Gasteiger partial charge in [0, 0.05) is 17.2 Å². The van der Waals surface area contributed by atoms with Crippen molar-refractivity contribution in [2.24, 2.45) is 11.8 Å². The van der Waals surface area contributed by atoms with Crippen molar-refractivity contribution in [3.63, 3.8) is 0 Å². The molecule has 1 aliphatic carbocycles. The Labute approximate surface area is 95.5 Å². The van der Waals surface area contributed by atoms with E-state index in [1.54, 1.807) is 11.3 Å². The van der Waals surface area contributed by atoms with Crippen molar-refractivity contribution in [3.05, 3.63) is 22.4 Å². The molecule has 82 valence electrons. The van der Waals surface area contributed by atoms with E-state index in [0.29, 0.717) is 11.7 Å². The Bertz CT molecular complexity index is 315. The lowest BCUT2D eigenvalue weighted by Gasteiger charge is -2.25. The van der Waals surface area contributed by atoms with Crippen molar-refractivity contribution < 1.29 is 4.79 Å². The van der Waals surface area contributed by atoms with E-state index >= 15 is 0 Å². The number of hydrogen-bond acceptors (Lipinski definition) is 2. The number of carbonyl (C=O) groups is 1. The molecule has 0 radical (unpaired) electrons. The predicted octanol–water partition coefficient (Wildman–Crippen LogP) is 3.69. The van der Waals surface area contributed by atoms with Gasteiger partial charge in [-0.1, -0.05) is 13.0 Å². The molecule has 0 N–H and O–H groups in total. The van der Waals surface area contributed by atoms with Gasteiger partial charge in [0.05, 0.1) is 0 Å². The zero-order chi connectivity index (χ0) is 10.7. The Kier molecular flexibility index (Phi) is 3.57. The maximum Gasteiger partial charge on any atom is 0.136 e. The van der Waals surface area contributed by atoms with Gasteiger partial charge in [0.2, 0.25) is 0 Å². The van der Waals surface area contributed by atoms with Crippen LogP contribution in [0.5, 0.6) is 0 Å². The number of thiophene rings is 1. The highest BCUT2D eigenvalue weighted by Crippen LogP contribution is 2.29. The van der Waals surface area contributed by atoms with Crippen LogP contribution in [0.4, 0.5) is 0 Å². The quantitative estimate of drug-likeness (QED) is 0.762. The van der Waals surface area contributed by atoms with E-state index in [1.165, 1.54) is 4.88 Å². The average Bonchev–Trinajstić information content (AvgIpc) is 2.72. The van der Waals surface area contributed by atoms with Gasteiger partial charge in [-0.05, 0) is 43.0 Å². The van der Waals surface area contributed by atoms with Crippen LogP contribution in [0.1, 0.15) is 37.5 Å². The van der Waals surface area contributed by atoms with E-state index in [9.17, 15) is 4.79 Å². The number of ketones is 1. The lowest BCUT2D eigenvalue weighted by atomic mass is 9.79. The largest absolute Gasteiger partial charge is 0.299 e. The second-order valence-corrected chi connectivity index (χ2v) is 5.69. The molecule has 1 heterocycles. The first-order chi connectivity index (χ1) is 7.25. The van der Waals surface area contributed by atoms with Gasteiger partial charge in [0.1, 0.15) is 5.78 Å². The highest BCUT2D eigenvalue weighted by Gasteiger charge is 2.25. The zero-order valence-electron chi connectivity index (χ0n) is 9.24. The molecule has 2 atom stereocenters. The van der Waals surface area contributed by atoms with Crippen LogP contribution < -0.4 is 0 Å². The molecule has 0 bridgehead atoms. The van der Waals surface area contributed by atoms with Crippen LogP contribution in [0.25, 0.3) is 0 Å². The van der Waals surface area contributed by atoms with Crippen molar-refractivity contribution in [1.29, 1.82) is 0 Å². The SMILES string of the molecule is CC1CCC(=O)C(CCc2cccs2)C1. The number of Topliss-reactive ketones (excluding diaryl/α,β-unsaturated/α-hetero) is 1. The molecule has 0 aliphatic heterocycles. The molecule has 0 spiro atoms. The summed E-state index contributed by atoms with van der Waals surface area (Å²) in [4.78, 5) is 13.1. The molecule has 2 heteroatoms. The van der Waals surface area contributed by atoms with E-state index in [1.807, 2.05) is 0 Å². The third-order valence-corrected chi connectivity index (χ3v) is 4.28. The predicted molar refractivity (Wildman–Crippen MR) is 64.2 cm³/mol. The lowest BCUT2D eigenvalue weighted by Crippen LogP contribution is -2.23. The molecular weight excluding hydrogens is 204 g/mol. The fourth-order valence-electron chi connectivity index (χ4n) is 2.38. The fraction of sp³-hybridized carbons (Fsp3) is 0.615. The maximum atomic E-state index is 11.7. The van der Waals surface area contributed by atoms with Crippen LogP contribution in [-0.4, -0.2) is 5.78 Å². The first-order valence-electron chi connectivity index (χ1n) is 5.81. The molecule has 1 aromatic rings. The van der Waals surface area contributed by atoms with Gasteiger partial charge >= 0.3 is 0 Å². The molecule has 2 unspecified atom stereocenters. The number of aryl methyl sites for hydroxylation is 1. The van der Waals surface area contributed by atoms with Crippen LogP contribution in [0.15, 0.2) is 17.5 Å². The molecule has 0 saturated heterocycles. The van der Waals surface area contributed by atoms with Gasteiger partial charge in [-0.25, -0.2) is 0 Å². The summed E-state index contributed by atoms with van der Waals surface area (Å²) < 4.78 is 0. The van der Waals surface area contributed by atoms with Crippen molar-refractivity contribution in [3.8, 4) is 0 Å². The highest BCUT2D eigenvalue weighted by atomic mass is 32.1. The minimum Gasteiger partial charge on any atom is -0.299 e. The summed E-state index contributed by atoms with van der Waals surface area (Å²) in [5, 5.41) is 2.11. The molecule has 1 aromatic heterocycles. The first kappa shape index (κ1) is 10.9. The summed E-state index contributed by atoms with van der Waals surface area (Å²) in [6, 6.07) is 4.26. The van der Waals surface area contributed by atoms with Gasteiger partial charge in [-0.3, -0.25) is 4.79 Å². The number of hydrogen-bond donors (Lipinski definition) is 0. The average molecular weight is 222 g/mol. The normalized spacial score (nSPS) is 26.9. The molecule has 1 nitrogen and oxygen atoms in total. The third-order valence-electron chi connectivity index (χ3n) is 3.35. The van der Waals surface area contributed by atoms with Gasteiger partial charge < -0.3 is 0 Å². The standard InChI is InChI=1S/C13H18OS/c1-10-4-7-13(14)11(9-10)5-6-12-3-2-8-15-12/h2-3,8,10-11H,4-7,9H2,1H3. The van der Waals surface area contributed by atoms with Gasteiger partial charge in [-0.2, -0.15) is 0 Å². The zero-order valence-corrected chi connectivity index (χ0v) is 10.1. The molecular formula is C13H18OS. The summed E-state index contributed by atoms with van der Waals surface area (Å²) in [5.74, 6) is 1.59. The Balaban J connectivity index is 1.85. The van der Waals surface area contributed by atoms with E-state index in [4.69, 9.17) is 0 Å². The van der Waals surface area contributed by atoms with Crippen molar-refractivity contribution >= 4 is 17.1 Å². The van der Waals surface area contributed by atoms with Crippen molar-refractivity contribution in [2.45, 2.75) is 39.0 Å². The smallest absolute Gasteiger partial charge is 0.136 e. The van der Waals surface area contributed by atoms with Crippen LogP contribution in [0.2, 0.25) is 0 Å². The molecule has 0 amide bonds. The maximum absolute atomic E-state index is 11.7. The summed E-state index contributed by atoms with van der Waals surface area (Å²) >= 11 is 1.80. The second-order valence-electron chi connectivity index (χ2n) is 4.66. The minimum atomic E-state index is 0.343. The Morgan fingerprint density at radius 1 is 1.53 bits per heavy atom. The van der Waals surface area contributed by atoms with Gasteiger partial charge in [-0.15, -0.1) is 11.3 Å². The highest BCUT2D eigenvalue weighted by molar-refractivity contribution is 7.09. The second kappa shape index (κ2) is 4.93. The van der Waals surface area contributed by atoms with Crippen LogP contribution >= 0.6 is 11.3 Å². The molecule has 1 fully saturated rings. The van der Waals surface area contributed by atoms with Crippen molar-refractivity contribution in [2.75, 3.05) is 0 Å². The summed E-state index contributed by atoms with van der Waals surface area (Å²) in [7, 11) is 0.